The van der Waals surface area contributed by atoms with E-state index in [0.717, 1.165) is 16.9 Å². The SMILES string of the molecule is CCOc1ccc(-n2c(SCC(=O)Nc3cccc(C)c3)nnc2-c2cn(S(=O)(=O)c3ccccc3)c3ccccc23)cc1. The molecule has 0 atom stereocenters. The van der Waals surface area contributed by atoms with E-state index in [0.29, 0.717) is 39.8 Å². The second-order valence-electron chi connectivity index (χ2n) is 9.95. The minimum absolute atomic E-state index is 0.0905. The lowest BCUT2D eigenvalue weighted by molar-refractivity contribution is -0.113. The van der Waals surface area contributed by atoms with E-state index in [1.165, 1.54) is 15.7 Å². The van der Waals surface area contributed by atoms with Crippen LogP contribution in [-0.4, -0.2) is 45.4 Å². The van der Waals surface area contributed by atoms with E-state index in [1.54, 1.807) is 48.7 Å². The average molecular weight is 624 g/mol. The molecule has 222 valence electrons. The Hall–Kier alpha value is -4.87. The minimum atomic E-state index is -3.91. The number of anilines is 1. The molecule has 6 aromatic rings. The fourth-order valence-electron chi connectivity index (χ4n) is 4.91. The van der Waals surface area contributed by atoms with Gasteiger partial charge in [0.15, 0.2) is 11.0 Å². The predicted octanol–water partition coefficient (Wildman–Crippen LogP) is 6.56. The van der Waals surface area contributed by atoms with E-state index in [-0.39, 0.29) is 16.6 Å². The summed E-state index contributed by atoms with van der Waals surface area (Å²) in [6, 6.07) is 30.7. The highest BCUT2D eigenvalue weighted by molar-refractivity contribution is 7.99. The molecular formula is C33H29N5O4S2. The van der Waals surface area contributed by atoms with Crippen molar-refractivity contribution >= 4 is 44.3 Å². The molecule has 6 rings (SSSR count). The quantitative estimate of drug-likeness (QED) is 0.172. The highest BCUT2D eigenvalue weighted by Gasteiger charge is 2.25. The third-order valence-corrected chi connectivity index (χ3v) is 9.51. The van der Waals surface area contributed by atoms with Gasteiger partial charge in [-0.05, 0) is 74.0 Å². The molecule has 0 aliphatic carbocycles. The van der Waals surface area contributed by atoms with Gasteiger partial charge in [-0.3, -0.25) is 9.36 Å². The number of aromatic nitrogens is 4. The van der Waals surface area contributed by atoms with Gasteiger partial charge in [-0.25, -0.2) is 12.4 Å². The van der Waals surface area contributed by atoms with Crippen molar-refractivity contribution < 1.29 is 17.9 Å². The smallest absolute Gasteiger partial charge is 0.268 e. The van der Waals surface area contributed by atoms with Crippen LogP contribution in [0.4, 0.5) is 5.69 Å². The first kappa shape index (κ1) is 29.2. The van der Waals surface area contributed by atoms with Gasteiger partial charge in [0.1, 0.15) is 5.75 Å². The third kappa shape index (κ3) is 5.84. The molecule has 1 amide bonds. The van der Waals surface area contributed by atoms with Crippen LogP contribution in [0.3, 0.4) is 0 Å². The molecule has 11 heteroatoms. The Morgan fingerprint density at radius 1 is 0.909 bits per heavy atom. The van der Waals surface area contributed by atoms with Gasteiger partial charge in [0.2, 0.25) is 5.91 Å². The van der Waals surface area contributed by atoms with Crippen LogP contribution < -0.4 is 10.1 Å². The number of hydrogen-bond donors (Lipinski definition) is 1. The number of benzene rings is 4. The van der Waals surface area contributed by atoms with Crippen molar-refractivity contribution in [1.29, 1.82) is 0 Å². The molecule has 4 aromatic carbocycles. The lowest BCUT2D eigenvalue weighted by atomic mass is 10.1. The molecule has 0 fully saturated rings. The molecular weight excluding hydrogens is 595 g/mol. The maximum Gasteiger partial charge on any atom is 0.268 e. The number of amides is 1. The first-order chi connectivity index (χ1) is 21.3. The lowest BCUT2D eigenvalue weighted by Crippen LogP contribution is -2.14. The van der Waals surface area contributed by atoms with E-state index in [2.05, 4.69) is 15.5 Å². The molecule has 0 saturated heterocycles. The lowest BCUT2D eigenvalue weighted by Gasteiger charge is -2.11. The maximum absolute atomic E-state index is 13.8. The van der Waals surface area contributed by atoms with Crippen molar-refractivity contribution in [2.45, 2.75) is 23.9 Å². The zero-order chi connectivity index (χ0) is 30.7. The third-order valence-electron chi connectivity index (χ3n) is 6.89. The van der Waals surface area contributed by atoms with E-state index >= 15 is 0 Å². The largest absolute Gasteiger partial charge is 0.494 e. The molecule has 44 heavy (non-hydrogen) atoms. The van der Waals surface area contributed by atoms with E-state index in [4.69, 9.17) is 4.74 Å². The van der Waals surface area contributed by atoms with Crippen molar-refractivity contribution in [1.82, 2.24) is 18.7 Å². The van der Waals surface area contributed by atoms with Crippen LogP contribution in [-0.2, 0) is 14.8 Å². The number of aryl methyl sites for hydroxylation is 1. The number of nitrogens with zero attached hydrogens (tertiary/aromatic N) is 4. The average Bonchev–Trinajstić information content (AvgIpc) is 3.63. The molecule has 0 aliphatic heterocycles. The minimum Gasteiger partial charge on any atom is -0.494 e. The molecule has 0 aliphatic rings. The number of ether oxygens (including phenoxy) is 1. The highest BCUT2D eigenvalue weighted by atomic mass is 32.2. The Kier molecular flexibility index (Phi) is 8.23. The molecule has 2 heterocycles. The Labute approximate surface area is 259 Å². The summed E-state index contributed by atoms with van der Waals surface area (Å²) in [4.78, 5) is 13.1. The van der Waals surface area contributed by atoms with Gasteiger partial charge >= 0.3 is 0 Å². The fraction of sp³-hybridized carbons (Fsp3) is 0.121. The predicted molar refractivity (Wildman–Crippen MR) is 173 cm³/mol. The number of hydrogen-bond acceptors (Lipinski definition) is 7. The number of thioether (sulfide) groups is 1. The Morgan fingerprint density at radius 3 is 2.41 bits per heavy atom. The van der Waals surface area contributed by atoms with Gasteiger partial charge in [0.25, 0.3) is 10.0 Å². The van der Waals surface area contributed by atoms with Crippen LogP contribution in [0.1, 0.15) is 12.5 Å². The first-order valence-electron chi connectivity index (χ1n) is 13.9. The summed E-state index contributed by atoms with van der Waals surface area (Å²) in [5, 5.41) is 13.1. The van der Waals surface area contributed by atoms with Gasteiger partial charge < -0.3 is 10.1 Å². The normalized spacial score (nSPS) is 11.5. The van der Waals surface area contributed by atoms with Crippen molar-refractivity contribution in [3.8, 4) is 22.8 Å². The van der Waals surface area contributed by atoms with E-state index in [9.17, 15) is 13.2 Å². The summed E-state index contributed by atoms with van der Waals surface area (Å²) in [5.41, 5.74) is 3.59. The summed E-state index contributed by atoms with van der Waals surface area (Å²) < 4.78 is 36.3. The monoisotopic (exact) mass is 623 g/mol. The zero-order valence-corrected chi connectivity index (χ0v) is 25.7. The molecule has 0 radical (unpaired) electrons. The number of carbonyl (C=O) groups is 1. The second kappa shape index (κ2) is 12.4. The number of fused-ring (bicyclic) bond motifs is 1. The summed E-state index contributed by atoms with van der Waals surface area (Å²) in [5.74, 6) is 1.05. The molecule has 2 aromatic heterocycles. The molecule has 9 nitrogen and oxygen atoms in total. The summed E-state index contributed by atoms with van der Waals surface area (Å²) in [6.07, 6.45) is 1.58. The number of nitrogens with one attached hydrogen (secondary N) is 1. The second-order valence-corrected chi connectivity index (χ2v) is 12.7. The molecule has 0 saturated carbocycles. The van der Waals surface area contributed by atoms with Crippen molar-refractivity contribution in [3.05, 3.63) is 115 Å². The Balaban J connectivity index is 1.43. The van der Waals surface area contributed by atoms with Crippen LogP contribution >= 0.6 is 11.8 Å². The number of rotatable bonds is 10. The maximum atomic E-state index is 13.8. The number of para-hydroxylation sites is 1. The Morgan fingerprint density at radius 2 is 1.66 bits per heavy atom. The van der Waals surface area contributed by atoms with E-state index < -0.39 is 10.0 Å². The van der Waals surface area contributed by atoms with Gasteiger partial charge in [0.05, 0.1) is 22.8 Å². The number of carbonyl (C=O) groups excluding carboxylic acids is 1. The summed E-state index contributed by atoms with van der Waals surface area (Å²) in [7, 11) is -3.91. The molecule has 0 unspecified atom stereocenters. The van der Waals surface area contributed by atoms with Gasteiger partial charge in [0, 0.05) is 28.5 Å². The topological polar surface area (TPSA) is 108 Å². The van der Waals surface area contributed by atoms with Crippen LogP contribution in [0.5, 0.6) is 5.75 Å². The summed E-state index contributed by atoms with van der Waals surface area (Å²) in [6.45, 7) is 4.42. The molecule has 0 bridgehead atoms. The standard InChI is InChI=1S/C33H29N5O4S2/c1-3-42-26-18-16-25(17-19-26)38-32(35-36-33(38)43-22-31(39)34-24-11-9-10-23(2)20-24)29-21-37(30-15-8-7-14-28(29)30)44(40,41)27-12-5-4-6-13-27/h4-21H,3,22H2,1-2H3,(H,34,39). The van der Waals surface area contributed by atoms with Crippen LogP contribution in [0.2, 0.25) is 0 Å². The fourth-order valence-corrected chi connectivity index (χ4v) is 7.05. The van der Waals surface area contributed by atoms with E-state index in [1.807, 2.05) is 79.1 Å². The van der Waals surface area contributed by atoms with Crippen LogP contribution in [0, 0.1) is 6.92 Å². The summed E-state index contributed by atoms with van der Waals surface area (Å²) >= 11 is 1.24. The van der Waals surface area contributed by atoms with Crippen LogP contribution in [0.25, 0.3) is 28.0 Å². The van der Waals surface area contributed by atoms with Gasteiger partial charge in [-0.15, -0.1) is 10.2 Å². The van der Waals surface area contributed by atoms with Crippen LogP contribution in [0.15, 0.2) is 119 Å². The zero-order valence-electron chi connectivity index (χ0n) is 24.0. The van der Waals surface area contributed by atoms with Crippen molar-refractivity contribution in [2.24, 2.45) is 0 Å². The van der Waals surface area contributed by atoms with Crippen molar-refractivity contribution in [3.63, 3.8) is 0 Å². The van der Waals surface area contributed by atoms with Crippen molar-refractivity contribution in [2.75, 3.05) is 17.7 Å². The molecule has 0 spiro atoms. The Bertz CT molecular complexity index is 2050. The highest BCUT2D eigenvalue weighted by Crippen LogP contribution is 2.35. The van der Waals surface area contributed by atoms with Gasteiger partial charge in [-0.1, -0.05) is 60.3 Å². The molecule has 1 N–H and O–H groups in total. The van der Waals surface area contributed by atoms with Gasteiger partial charge in [-0.2, -0.15) is 0 Å². The first-order valence-corrected chi connectivity index (χ1v) is 16.4.